The van der Waals surface area contributed by atoms with Crippen molar-refractivity contribution in [3.05, 3.63) is 11.6 Å². The van der Waals surface area contributed by atoms with Gasteiger partial charge < -0.3 is 74.4 Å². The molecule has 0 aromatic rings. The topological polar surface area (TPSA) is 255 Å². The Balaban J connectivity index is 0.976. The lowest BCUT2D eigenvalue weighted by molar-refractivity contribution is -0.378. The number of fused-ring (bicyclic) bond motifs is 7. The van der Waals surface area contributed by atoms with Crippen LogP contribution in [0.3, 0.4) is 0 Å². The Bertz CT molecular complexity index is 1720. The van der Waals surface area contributed by atoms with E-state index in [2.05, 4.69) is 54.5 Å². The molecule has 4 saturated carbocycles. The summed E-state index contributed by atoms with van der Waals surface area (Å²) in [5, 5.41) is 96.7. The second kappa shape index (κ2) is 16.7. The molecule has 16 heteroatoms. The van der Waals surface area contributed by atoms with Gasteiger partial charge in [0.05, 0.1) is 30.8 Å². The number of carbonyl (C=O) groups is 1. The molecule has 0 aromatic heterocycles. The van der Waals surface area contributed by atoms with Gasteiger partial charge in [0.15, 0.2) is 18.9 Å². The second-order valence-corrected chi connectivity index (χ2v) is 23.0. The number of rotatable bonds is 9. The minimum atomic E-state index is -1.68. The van der Waals surface area contributed by atoms with E-state index in [1.54, 1.807) is 0 Å². The lowest BCUT2D eigenvalue weighted by Gasteiger charge is -2.71. The predicted molar refractivity (Wildman–Crippen MR) is 223 cm³/mol. The number of aliphatic hydroxyl groups excluding tert-OH is 8. The second-order valence-electron chi connectivity index (χ2n) is 23.0. The highest BCUT2D eigenvalue weighted by molar-refractivity contribution is 5.76. The van der Waals surface area contributed by atoms with Gasteiger partial charge in [-0.15, -0.1) is 0 Å². The lowest BCUT2D eigenvalue weighted by Crippen LogP contribution is -2.67. The maximum absolute atomic E-state index is 13.1. The van der Waals surface area contributed by atoms with Gasteiger partial charge in [0.1, 0.15) is 61.0 Å². The smallest absolute Gasteiger partial charge is 0.310 e. The molecule has 8 aliphatic rings. The quantitative estimate of drug-likeness (QED) is 0.119. The van der Waals surface area contributed by atoms with Crippen molar-refractivity contribution in [1.82, 2.24) is 0 Å². The Morgan fingerprint density at radius 2 is 1.27 bits per heavy atom. The van der Waals surface area contributed by atoms with Crippen LogP contribution in [0.1, 0.15) is 120 Å². The summed E-state index contributed by atoms with van der Waals surface area (Å²) in [5.41, 5.74) is 0.191. The number of aliphatic hydroxyl groups is 8. The highest BCUT2D eigenvalue weighted by Crippen LogP contribution is 2.76. The molecule has 22 unspecified atom stereocenters. The van der Waals surface area contributed by atoms with E-state index >= 15 is 0 Å². The third-order valence-electron chi connectivity index (χ3n) is 19.0. The van der Waals surface area contributed by atoms with E-state index in [4.69, 9.17) is 28.4 Å². The first-order valence-corrected chi connectivity index (χ1v) is 23.6. The fourth-order valence-electron chi connectivity index (χ4n) is 14.9. The van der Waals surface area contributed by atoms with Crippen LogP contribution in [-0.2, 0) is 33.2 Å². The van der Waals surface area contributed by atoms with Crippen LogP contribution >= 0.6 is 0 Å². The number of carboxylic acid groups (broad SMARTS) is 1. The van der Waals surface area contributed by atoms with Crippen LogP contribution in [0.4, 0.5) is 0 Å². The van der Waals surface area contributed by atoms with Crippen LogP contribution in [0.5, 0.6) is 0 Å². The SMILES string of the molecule is CC1OC(OC2C(CO)OC(OC3CCC4(C)C(CCC5(C)C4CC=C4C6CC(C)(C)CCC6(C(=O)O)CCC45C)C3(C)C)C(O)C2O)C(OC2OC(CO)C(O)C2O)C(O)C1O. The number of hydrogen-bond donors (Lipinski definition) is 9. The molecule has 22 atom stereocenters. The fourth-order valence-corrected chi connectivity index (χ4v) is 14.9. The summed E-state index contributed by atoms with van der Waals surface area (Å²) < 4.78 is 36.1. The largest absolute Gasteiger partial charge is 0.481 e. The Kier molecular flexibility index (Phi) is 12.8. The summed E-state index contributed by atoms with van der Waals surface area (Å²) in [4.78, 5) is 13.1. The van der Waals surface area contributed by atoms with Crippen LogP contribution in [0.25, 0.3) is 0 Å². The van der Waals surface area contributed by atoms with Crippen molar-refractivity contribution in [2.24, 2.45) is 50.2 Å². The van der Waals surface area contributed by atoms with Crippen molar-refractivity contribution in [1.29, 1.82) is 0 Å². The molecule has 3 saturated heterocycles. The number of aliphatic carboxylic acids is 1. The molecule has 0 bridgehead atoms. The summed E-state index contributed by atoms with van der Waals surface area (Å²) in [5.74, 6) is 0.0101. The number of allylic oxidation sites excluding steroid dienone is 2. The normalized spacial score (nSPS) is 53.9. The van der Waals surface area contributed by atoms with Gasteiger partial charge in [-0.1, -0.05) is 60.1 Å². The van der Waals surface area contributed by atoms with E-state index in [-0.39, 0.29) is 39.6 Å². The molecule has 3 heterocycles. The van der Waals surface area contributed by atoms with Crippen molar-refractivity contribution in [3.63, 3.8) is 0 Å². The first-order chi connectivity index (χ1) is 29.4. The van der Waals surface area contributed by atoms with Crippen LogP contribution in [0.2, 0.25) is 0 Å². The molecule has 16 nitrogen and oxygen atoms in total. The summed E-state index contributed by atoms with van der Waals surface area (Å²) in [7, 11) is 0. The molecule has 63 heavy (non-hydrogen) atoms. The summed E-state index contributed by atoms with van der Waals surface area (Å²) >= 11 is 0. The average Bonchev–Trinajstić information content (AvgIpc) is 3.49. The zero-order valence-electron chi connectivity index (χ0n) is 38.3. The molecule has 7 fully saturated rings. The first kappa shape index (κ1) is 48.1. The molecular formula is C47H76O16. The maximum atomic E-state index is 13.1. The van der Waals surface area contributed by atoms with E-state index in [0.717, 1.165) is 51.4 Å². The van der Waals surface area contributed by atoms with E-state index in [1.807, 2.05) is 0 Å². The van der Waals surface area contributed by atoms with Crippen LogP contribution < -0.4 is 0 Å². The number of hydrogen-bond acceptors (Lipinski definition) is 15. The van der Waals surface area contributed by atoms with E-state index in [1.165, 1.54) is 12.5 Å². The Morgan fingerprint density at radius 3 is 1.92 bits per heavy atom. The van der Waals surface area contributed by atoms with E-state index in [9.17, 15) is 50.8 Å². The first-order valence-electron chi connectivity index (χ1n) is 23.6. The Hall–Kier alpha value is -1.35. The molecule has 3 aliphatic heterocycles. The molecular weight excluding hydrogens is 821 g/mol. The zero-order valence-corrected chi connectivity index (χ0v) is 38.3. The van der Waals surface area contributed by atoms with Crippen LogP contribution in [0.15, 0.2) is 11.6 Å². The van der Waals surface area contributed by atoms with Gasteiger partial charge in [-0.25, -0.2) is 0 Å². The van der Waals surface area contributed by atoms with Gasteiger partial charge in [-0.05, 0) is 116 Å². The Morgan fingerprint density at radius 1 is 0.667 bits per heavy atom. The van der Waals surface area contributed by atoms with E-state index in [0.29, 0.717) is 18.8 Å². The minimum Gasteiger partial charge on any atom is -0.481 e. The molecule has 360 valence electrons. The highest BCUT2D eigenvalue weighted by Gasteiger charge is 2.70. The van der Waals surface area contributed by atoms with Gasteiger partial charge in [0.25, 0.3) is 0 Å². The third kappa shape index (κ3) is 7.42. The predicted octanol–water partition coefficient (Wildman–Crippen LogP) is 2.37. The van der Waals surface area contributed by atoms with Gasteiger partial charge in [-0.3, -0.25) is 4.79 Å². The van der Waals surface area contributed by atoms with Gasteiger partial charge in [-0.2, -0.15) is 0 Å². The molecule has 5 aliphatic carbocycles. The number of carboxylic acids is 1. The van der Waals surface area contributed by atoms with Crippen molar-refractivity contribution >= 4 is 5.97 Å². The standard InChI is InChI=1S/C47H76O16/c1-22-30(50)32(52)37(63-39-34(54)31(51)25(20-48)59-39)40(58-22)62-36-26(21-49)60-38(35(55)33(36)53)61-29-12-13-44(6)27(43(29,4)5)11-14-46(8)28(44)10-9-23-24-19-42(2,3)15-17-47(24,41(56)57)18-16-45(23,46)7/h9,22,24-40,48-55H,10-21H2,1-8H3,(H,56,57). The fraction of sp³-hybridized carbons (Fsp3) is 0.936. The molecule has 0 amide bonds. The summed E-state index contributed by atoms with van der Waals surface area (Å²) in [6, 6.07) is 0. The monoisotopic (exact) mass is 897 g/mol. The van der Waals surface area contributed by atoms with Gasteiger partial charge >= 0.3 is 5.97 Å². The molecule has 0 spiro atoms. The molecule has 9 N–H and O–H groups in total. The molecule has 0 radical (unpaired) electrons. The lowest BCUT2D eigenvalue weighted by atomic mass is 9.33. The number of ether oxygens (including phenoxy) is 6. The van der Waals surface area contributed by atoms with Crippen molar-refractivity contribution in [2.45, 2.75) is 212 Å². The Labute approximate surface area is 371 Å². The highest BCUT2D eigenvalue weighted by atomic mass is 16.8. The summed E-state index contributed by atoms with van der Waals surface area (Å²) in [6.07, 6.45) is -9.82. The van der Waals surface area contributed by atoms with Gasteiger partial charge in [0, 0.05) is 0 Å². The maximum Gasteiger partial charge on any atom is 0.310 e. The van der Waals surface area contributed by atoms with Crippen molar-refractivity contribution in [3.8, 4) is 0 Å². The minimum absolute atomic E-state index is 0.0282. The summed E-state index contributed by atoms with van der Waals surface area (Å²) in [6.45, 7) is 16.6. The van der Waals surface area contributed by atoms with E-state index < -0.39 is 116 Å². The van der Waals surface area contributed by atoms with Crippen LogP contribution in [-0.4, -0.2) is 157 Å². The van der Waals surface area contributed by atoms with Crippen molar-refractivity contribution in [2.75, 3.05) is 13.2 Å². The van der Waals surface area contributed by atoms with Gasteiger partial charge in [0.2, 0.25) is 0 Å². The third-order valence-corrected chi connectivity index (χ3v) is 19.0. The van der Waals surface area contributed by atoms with Crippen molar-refractivity contribution < 1.29 is 79.2 Å². The molecule has 8 rings (SSSR count). The molecule has 0 aromatic carbocycles. The average molecular weight is 897 g/mol. The van der Waals surface area contributed by atoms with Crippen LogP contribution in [0, 0.1) is 50.2 Å². The zero-order chi connectivity index (χ0) is 46.0.